The molecule has 2 aromatic rings. The number of aromatic nitrogens is 1. The van der Waals surface area contributed by atoms with Crippen LogP contribution in [0.3, 0.4) is 0 Å². The number of benzene rings is 1. The third kappa shape index (κ3) is 1.37. The Morgan fingerprint density at radius 2 is 1.94 bits per heavy atom. The van der Waals surface area contributed by atoms with Gasteiger partial charge in [-0.3, -0.25) is 0 Å². The molecule has 1 aromatic carbocycles. The van der Waals surface area contributed by atoms with Crippen molar-refractivity contribution in [1.82, 2.24) is 4.98 Å². The van der Waals surface area contributed by atoms with Gasteiger partial charge in [-0.25, -0.2) is 9.98 Å². The summed E-state index contributed by atoms with van der Waals surface area (Å²) >= 11 is 1.62. The molecule has 0 N–H and O–H groups in total. The first-order valence-electron chi connectivity index (χ1n) is 5.76. The minimum atomic E-state index is 0.605. The van der Waals surface area contributed by atoms with E-state index in [0.29, 0.717) is 13.2 Å². The third-order valence-electron chi connectivity index (χ3n) is 2.97. The van der Waals surface area contributed by atoms with Crippen molar-refractivity contribution in [2.24, 2.45) is 4.99 Å². The highest BCUT2D eigenvalue weighted by molar-refractivity contribution is 7.10. The summed E-state index contributed by atoms with van der Waals surface area (Å²) in [4.78, 5) is 8.96. The zero-order valence-electron chi connectivity index (χ0n) is 9.77. The lowest BCUT2D eigenvalue weighted by atomic mass is 10.1. The van der Waals surface area contributed by atoms with Crippen molar-refractivity contribution in [3.8, 4) is 11.5 Å². The van der Waals surface area contributed by atoms with Gasteiger partial charge in [0.25, 0.3) is 0 Å². The zero-order chi connectivity index (χ0) is 12.1. The lowest BCUT2D eigenvalue weighted by Gasteiger charge is -2.19. The van der Waals surface area contributed by atoms with Crippen LogP contribution >= 0.6 is 11.3 Å². The maximum atomic E-state index is 5.59. The fraction of sp³-hybridized carbons (Fsp3) is 0.231. The van der Waals surface area contributed by atoms with E-state index >= 15 is 0 Å². The number of hydrogen-bond donors (Lipinski definition) is 0. The molecule has 0 bridgehead atoms. The van der Waals surface area contributed by atoms with Crippen LogP contribution in [0.2, 0.25) is 0 Å². The van der Waals surface area contributed by atoms with Crippen molar-refractivity contribution in [2.75, 3.05) is 13.2 Å². The summed E-state index contributed by atoms with van der Waals surface area (Å²) in [5, 5.41) is 5.07. The second-order valence-electron chi connectivity index (χ2n) is 4.27. The Hall–Kier alpha value is -1.88. The monoisotopic (exact) mass is 258 g/mol. The van der Waals surface area contributed by atoms with Crippen molar-refractivity contribution in [3.05, 3.63) is 38.8 Å². The molecular formula is C13H10N2O2S. The van der Waals surface area contributed by atoms with Crippen molar-refractivity contribution < 1.29 is 9.47 Å². The van der Waals surface area contributed by atoms with Crippen LogP contribution in [0.15, 0.2) is 22.5 Å². The molecule has 0 spiro atoms. The second-order valence-corrected chi connectivity index (χ2v) is 5.13. The Bertz CT molecular complexity index is 764. The number of hydrogen-bond acceptors (Lipinski definition) is 5. The van der Waals surface area contributed by atoms with Crippen LogP contribution in [0.25, 0.3) is 5.70 Å². The molecule has 2 aliphatic rings. The molecule has 1 aromatic heterocycles. The highest BCUT2D eigenvalue weighted by Gasteiger charge is 2.19. The SMILES string of the molecule is Cc1csc(C2=c3cc4c(cc3=N2)OCCO4)n1. The maximum absolute atomic E-state index is 5.59. The molecule has 2 aliphatic heterocycles. The normalized spacial score (nSPS) is 15.7. The van der Waals surface area contributed by atoms with Gasteiger partial charge in [0.15, 0.2) is 11.5 Å². The molecule has 0 fully saturated rings. The van der Waals surface area contributed by atoms with E-state index in [4.69, 9.17) is 9.47 Å². The number of fused-ring (bicyclic) bond motifs is 2. The fourth-order valence-electron chi connectivity index (χ4n) is 2.11. The summed E-state index contributed by atoms with van der Waals surface area (Å²) in [7, 11) is 0. The molecule has 4 rings (SSSR count). The summed E-state index contributed by atoms with van der Waals surface area (Å²) in [6.07, 6.45) is 0. The van der Waals surface area contributed by atoms with Gasteiger partial charge in [-0.15, -0.1) is 11.3 Å². The van der Waals surface area contributed by atoms with Gasteiger partial charge in [0, 0.05) is 22.4 Å². The molecular weight excluding hydrogens is 248 g/mol. The lowest BCUT2D eigenvalue weighted by Crippen LogP contribution is -2.36. The van der Waals surface area contributed by atoms with Gasteiger partial charge in [0.2, 0.25) is 0 Å². The number of nitrogens with zero attached hydrogens (tertiary/aromatic N) is 2. The third-order valence-corrected chi connectivity index (χ3v) is 3.94. The van der Waals surface area contributed by atoms with Crippen molar-refractivity contribution in [2.45, 2.75) is 6.92 Å². The minimum absolute atomic E-state index is 0.605. The predicted octanol–water partition coefficient (Wildman–Crippen LogP) is 1.01. The van der Waals surface area contributed by atoms with Crippen molar-refractivity contribution in [1.29, 1.82) is 0 Å². The van der Waals surface area contributed by atoms with Crippen LogP contribution < -0.4 is 20.0 Å². The molecule has 0 unspecified atom stereocenters. The Labute approximate surface area is 107 Å². The molecule has 0 atom stereocenters. The Kier molecular flexibility index (Phi) is 1.99. The Balaban J connectivity index is 1.90. The van der Waals surface area contributed by atoms with Gasteiger partial charge in [-0.05, 0) is 13.0 Å². The number of ether oxygens (including phenoxy) is 2. The van der Waals surface area contributed by atoms with Gasteiger partial charge in [0.1, 0.15) is 23.9 Å². The average molecular weight is 258 g/mol. The lowest BCUT2D eigenvalue weighted by molar-refractivity contribution is 0.171. The van der Waals surface area contributed by atoms with Crippen LogP contribution in [0.1, 0.15) is 10.7 Å². The Morgan fingerprint density at radius 1 is 1.17 bits per heavy atom. The molecule has 0 amide bonds. The number of aryl methyl sites for hydroxylation is 1. The van der Waals surface area contributed by atoms with E-state index in [-0.39, 0.29) is 0 Å². The number of thiazole rings is 1. The van der Waals surface area contributed by atoms with Gasteiger partial charge < -0.3 is 9.47 Å². The van der Waals surface area contributed by atoms with E-state index < -0.39 is 0 Å². The van der Waals surface area contributed by atoms with Crippen molar-refractivity contribution in [3.63, 3.8) is 0 Å². The molecule has 3 heterocycles. The summed E-state index contributed by atoms with van der Waals surface area (Å²) < 4.78 is 11.1. The first-order valence-corrected chi connectivity index (χ1v) is 6.64. The van der Waals surface area contributed by atoms with Crippen LogP contribution in [0, 0.1) is 6.92 Å². The van der Waals surface area contributed by atoms with Crippen LogP contribution in [-0.4, -0.2) is 18.2 Å². The molecule has 0 saturated carbocycles. The van der Waals surface area contributed by atoms with Gasteiger partial charge in [-0.1, -0.05) is 0 Å². The minimum Gasteiger partial charge on any atom is -0.486 e. The first kappa shape index (κ1) is 10.1. The highest BCUT2D eigenvalue weighted by Crippen LogP contribution is 2.28. The largest absolute Gasteiger partial charge is 0.486 e. The summed E-state index contributed by atoms with van der Waals surface area (Å²) in [5.41, 5.74) is 1.99. The van der Waals surface area contributed by atoms with Gasteiger partial charge in [-0.2, -0.15) is 0 Å². The first-order chi connectivity index (χ1) is 8.81. The standard InChI is InChI=1S/C13H10N2O2S/c1-7-6-18-13(14-7)12-8-4-10-11(5-9(8)15-12)17-3-2-16-10/h4-6H,2-3H2,1H3. The van der Waals surface area contributed by atoms with E-state index in [1.165, 1.54) is 0 Å². The van der Waals surface area contributed by atoms with E-state index in [9.17, 15) is 0 Å². The van der Waals surface area contributed by atoms with E-state index in [1.807, 2.05) is 24.4 Å². The summed E-state index contributed by atoms with van der Waals surface area (Å²) in [6.45, 7) is 3.20. The molecule has 0 aliphatic carbocycles. The van der Waals surface area contributed by atoms with Crippen LogP contribution in [0.4, 0.5) is 0 Å². The maximum Gasteiger partial charge on any atom is 0.163 e. The topological polar surface area (TPSA) is 43.7 Å². The number of rotatable bonds is 1. The smallest absolute Gasteiger partial charge is 0.163 e. The van der Waals surface area contributed by atoms with E-state index in [0.717, 1.165) is 38.5 Å². The highest BCUT2D eigenvalue weighted by atomic mass is 32.1. The fourth-order valence-corrected chi connectivity index (χ4v) is 2.91. The average Bonchev–Trinajstić information content (AvgIpc) is 2.78. The Morgan fingerprint density at radius 3 is 2.67 bits per heavy atom. The predicted molar refractivity (Wildman–Crippen MR) is 67.6 cm³/mol. The van der Waals surface area contributed by atoms with Crippen molar-refractivity contribution >= 4 is 17.0 Å². The summed E-state index contributed by atoms with van der Waals surface area (Å²) in [5.74, 6) is 1.60. The molecule has 90 valence electrons. The molecule has 0 saturated heterocycles. The molecule has 5 heteroatoms. The van der Waals surface area contributed by atoms with Crippen LogP contribution in [0.5, 0.6) is 11.5 Å². The molecule has 4 nitrogen and oxygen atoms in total. The summed E-state index contributed by atoms with van der Waals surface area (Å²) in [6, 6.07) is 3.94. The van der Waals surface area contributed by atoms with E-state index in [1.54, 1.807) is 11.3 Å². The second kappa shape index (κ2) is 3.55. The van der Waals surface area contributed by atoms with E-state index in [2.05, 4.69) is 9.98 Å². The van der Waals surface area contributed by atoms with Gasteiger partial charge in [0.05, 0.1) is 5.36 Å². The zero-order valence-corrected chi connectivity index (χ0v) is 10.6. The molecule has 0 radical (unpaired) electrons. The molecule has 18 heavy (non-hydrogen) atoms. The quantitative estimate of drug-likeness (QED) is 0.767. The van der Waals surface area contributed by atoms with Gasteiger partial charge >= 0.3 is 0 Å². The van der Waals surface area contributed by atoms with Crippen LogP contribution in [-0.2, 0) is 0 Å².